The van der Waals surface area contributed by atoms with Crippen LogP contribution in [0.1, 0.15) is 29.8 Å². The van der Waals surface area contributed by atoms with Gasteiger partial charge in [-0.05, 0) is 35.7 Å². The topological polar surface area (TPSA) is 67.4 Å². The third kappa shape index (κ3) is 5.64. The molecular formula is C20H24N2O3. The number of benzene rings is 2. The Bertz CT molecular complexity index is 724. The molecule has 0 unspecified atom stereocenters. The number of likely N-dealkylation sites (N-methyl/N-ethyl adjacent to an activating group) is 1. The van der Waals surface area contributed by atoms with E-state index in [1.165, 1.54) is 0 Å². The molecule has 0 heterocycles. The van der Waals surface area contributed by atoms with E-state index in [4.69, 9.17) is 4.74 Å². The lowest BCUT2D eigenvalue weighted by Crippen LogP contribution is -2.19. The summed E-state index contributed by atoms with van der Waals surface area (Å²) in [7, 11) is 1.61. The van der Waals surface area contributed by atoms with Crippen LogP contribution in [0.3, 0.4) is 0 Å². The minimum absolute atomic E-state index is 0.0481. The predicted molar refractivity (Wildman–Crippen MR) is 98.9 cm³/mol. The standard InChI is InChI=1S/C20H24N2O3/c1-14(2)13-25-18-7-5-4-6-17(18)20(24)22-16-10-8-15(9-11-16)12-19(23)21-3/h4-11,14H,12-13H2,1-3H3,(H,21,23)(H,22,24). The van der Waals surface area contributed by atoms with Gasteiger partial charge in [0.05, 0.1) is 18.6 Å². The van der Waals surface area contributed by atoms with E-state index >= 15 is 0 Å². The van der Waals surface area contributed by atoms with Crippen molar-refractivity contribution >= 4 is 17.5 Å². The number of para-hydroxylation sites is 1. The van der Waals surface area contributed by atoms with Crippen LogP contribution in [-0.2, 0) is 11.2 Å². The Hall–Kier alpha value is -2.82. The molecule has 25 heavy (non-hydrogen) atoms. The third-order valence-corrected chi connectivity index (χ3v) is 3.56. The van der Waals surface area contributed by atoms with Gasteiger partial charge in [0, 0.05) is 12.7 Å². The van der Waals surface area contributed by atoms with Crippen molar-refractivity contribution in [1.29, 1.82) is 0 Å². The van der Waals surface area contributed by atoms with E-state index in [9.17, 15) is 9.59 Å². The minimum atomic E-state index is -0.224. The van der Waals surface area contributed by atoms with Gasteiger partial charge in [0.15, 0.2) is 0 Å². The van der Waals surface area contributed by atoms with Crippen LogP contribution >= 0.6 is 0 Å². The van der Waals surface area contributed by atoms with Crippen molar-refractivity contribution in [3.8, 4) is 5.75 Å². The number of carbonyl (C=O) groups is 2. The second-order valence-electron chi connectivity index (χ2n) is 6.20. The largest absolute Gasteiger partial charge is 0.492 e. The first kappa shape index (κ1) is 18.5. The molecule has 0 saturated carbocycles. The smallest absolute Gasteiger partial charge is 0.259 e. The summed E-state index contributed by atoms with van der Waals surface area (Å²) in [6, 6.07) is 14.4. The number of anilines is 1. The second-order valence-corrected chi connectivity index (χ2v) is 6.20. The summed E-state index contributed by atoms with van der Waals surface area (Å²) < 4.78 is 5.73. The maximum absolute atomic E-state index is 12.5. The monoisotopic (exact) mass is 340 g/mol. The van der Waals surface area contributed by atoms with Crippen molar-refractivity contribution in [2.45, 2.75) is 20.3 Å². The fourth-order valence-electron chi connectivity index (χ4n) is 2.21. The van der Waals surface area contributed by atoms with Crippen molar-refractivity contribution in [3.63, 3.8) is 0 Å². The fourth-order valence-corrected chi connectivity index (χ4v) is 2.21. The summed E-state index contributed by atoms with van der Waals surface area (Å²) in [6.45, 7) is 4.67. The number of ether oxygens (including phenoxy) is 1. The van der Waals surface area contributed by atoms with Gasteiger partial charge < -0.3 is 15.4 Å². The van der Waals surface area contributed by atoms with Crippen LogP contribution in [0.2, 0.25) is 0 Å². The maximum atomic E-state index is 12.5. The lowest BCUT2D eigenvalue weighted by Gasteiger charge is -2.13. The lowest BCUT2D eigenvalue weighted by atomic mass is 10.1. The van der Waals surface area contributed by atoms with E-state index in [2.05, 4.69) is 24.5 Å². The molecule has 2 rings (SSSR count). The molecule has 0 aliphatic carbocycles. The zero-order valence-corrected chi connectivity index (χ0v) is 14.8. The Morgan fingerprint density at radius 2 is 1.72 bits per heavy atom. The van der Waals surface area contributed by atoms with Crippen LogP contribution < -0.4 is 15.4 Å². The lowest BCUT2D eigenvalue weighted by molar-refractivity contribution is -0.119. The summed E-state index contributed by atoms with van der Waals surface area (Å²) in [5.74, 6) is 0.681. The highest BCUT2D eigenvalue weighted by atomic mass is 16.5. The van der Waals surface area contributed by atoms with E-state index in [1.54, 1.807) is 31.3 Å². The molecule has 0 radical (unpaired) electrons. The molecule has 0 spiro atoms. The third-order valence-electron chi connectivity index (χ3n) is 3.56. The fraction of sp³-hybridized carbons (Fsp3) is 0.300. The molecule has 0 bridgehead atoms. The van der Waals surface area contributed by atoms with Gasteiger partial charge >= 0.3 is 0 Å². The Balaban J connectivity index is 2.05. The predicted octanol–water partition coefficient (Wildman–Crippen LogP) is 3.26. The van der Waals surface area contributed by atoms with Gasteiger partial charge in [0.1, 0.15) is 5.75 Å². The van der Waals surface area contributed by atoms with Crippen molar-refractivity contribution in [2.24, 2.45) is 5.92 Å². The van der Waals surface area contributed by atoms with Crippen molar-refractivity contribution < 1.29 is 14.3 Å². The molecule has 0 fully saturated rings. The Kier molecular flexibility index (Phi) is 6.57. The average Bonchev–Trinajstić information content (AvgIpc) is 2.61. The summed E-state index contributed by atoms with van der Waals surface area (Å²) >= 11 is 0. The first-order valence-electron chi connectivity index (χ1n) is 8.32. The van der Waals surface area contributed by atoms with Crippen molar-refractivity contribution in [1.82, 2.24) is 5.32 Å². The molecule has 2 amide bonds. The molecule has 0 aromatic heterocycles. The minimum Gasteiger partial charge on any atom is -0.492 e. The highest BCUT2D eigenvalue weighted by Gasteiger charge is 2.13. The van der Waals surface area contributed by atoms with Gasteiger partial charge in [-0.1, -0.05) is 38.1 Å². The van der Waals surface area contributed by atoms with Crippen LogP contribution in [0.4, 0.5) is 5.69 Å². The maximum Gasteiger partial charge on any atom is 0.259 e. The summed E-state index contributed by atoms with van der Waals surface area (Å²) in [5, 5.41) is 5.45. The first-order chi connectivity index (χ1) is 12.0. The van der Waals surface area contributed by atoms with Crippen LogP contribution in [0.25, 0.3) is 0 Å². The summed E-state index contributed by atoms with van der Waals surface area (Å²) in [6.07, 6.45) is 0.316. The average molecular weight is 340 g/mol. The van der Waals surface area contributed by atoms with E-state index in [1.807, 2.05) is 24.3 Å². The Morgan fingerprint density at radius 3 is 2.36 bits per heavy atom. The van der Waals surface area contributed by atoms with Crippen LogP contribution in [0.15, 0.2) is 48.5 Å². The molecule has 0 saturated heterocycles. The van der Waals surface area contributed by atoms with E-state index in [0.717, 1.165) is 5.56 Å². The zero-order valence-electron chi connectivity index (χ0n) is 14.8. The van der Waals surface area contributed by atoms with Gasteiger partial charge in [-0.25, -0.2) is 0 Å². The van der Waals surface area contributed by atoms with Crippen molar-refractivity contribution in [2.75, 3.05) is 19.0 Å². The van der Waals surface area contributed by atoms with E-state index in [0.29, 0.717) is 35.9 Å². The number of rotatable bonds is 7. The molecule has 5 nitrogen and oxygen atoms in total. The van der Waals surface area contributed by atoms with Gasteiger partial charge in [0.2, 0.25) is 5.91 Å². The molecule has 132 valence electrons. The van der Waals surface area contributed by atoms with Gasteiger partial charge in [-0.3, -0.25) is 9.59 Å². The Labute approximate surface area is 148 Å². The molecule has 5 heteroatoms. The van der Waals surface area contributed by atoms with Gasteiger partial charge in [-0.15, -0.1) is 0 Å². The van der Waals surface area contributed by atoms with Gasteiger partial charge in [0.25, 0.3) is 5.91 Å². The molecule has 2 aromatic carbocycles. The molecule has 0 aliphatic heterocycles. The molecular weight excluding hydrogens is 316 g/mol. The number of nitrogens with one attached hydrogen (secondary N) is 2. The van der Waals surface area contributed by atoms with Crippen LogP contribution in [0.5, 0.6) is 5.75 Å². The van der Waals surface area contributed by atoms with Gasteiger partial charge in [-0.2, -0.15) is 0 Å². The van der Waals surface area contributed by atoms with E-state index in [-0.39, 0.29) is 11.8 Å². The highest BCUT2D eigenvalue weighted by molar-refractivity contribution is 6.06. The molecule has 0 atom stereocenters. The summed E-state index contributed by atoms with van der Waals surface area (Å²) in [5.41, 5.74) is 2.06. The number of amides is 2. The molecule has 0 aliphatic rings. The molecule has 2 N–H and O–H groups in total. The first-order valence-corrected chi connectivity index (χ1v) is 8.32. The number of carbonyl (C=O) groups excluding carboxylic acids is 2. The SMILES string of the molecule is CNC(=O)Cc1ccc(NC(=O)c2ccccc2OCC(C)C)cc1. The van der Waals surface area contributed by atoms with Crippen molar-refractivity contribution in [3.05, 3.63) is 59.7 Å². The quantitative estimate of drug-likeness (QED) is 0.813. The summed E-state index contributed by atoms with van der Waals surface area (Å²) in [4.78, 5) is 23.9. The Morgan fingerprint density at radius 1 is 1.04 bits per heavy atom. The molecule has 2 aromatic rings. The van der Waals surface area contributed by atoms with Crippen LogP contribution in [0, 0.1) is 5.92 Å². The van der Waals surface area contributed by atoms with Crippen LogP contribution in [-0.4, -0.2) is 25.5 Å². The number of hydrogen-bond acceptors (Lipinski definition) is 3. The second kappa shape index (κ2) is 8.87. The normalized spacial score (nSPS) is 10.4. The zero-order chi connectivity index (χ0) is 18.2. The highest BCUT2D eigenvalue weighted by Crippen LogP contribution is 2.20. The number of hydrogen-bond donors (Lipinski definition) is 2. The van der Waals surface area contributed by atoms with E-state index < -0.39 is 0 Å².